The Bertz CT molecular complexity index is 1290. The number of fused-ring (bicyclic) bond motifs is 1. The van der Waals surface area contributed by atoms with Gasteiger partial charge in [-0.05, 0) is 54.4 Å². The van der Waals surface area contributed by atoms with Gasteiger partial charge in [0.15, 0.2) is 0 Å². The molecule has 7 heteroatoms. The Morgan fingerprint density at radius 3 is 2.33 bits per heavy atom. The van der Waals surface area contributed by atoms with Crippen molar-refractivity contribution in [3.63, 3.8) is 0 Å². The molecule has 0 radical (unpaired) electrons. The summed E-state index contributed by atoms with van der Waals surface area (Å²) in [7, 11) is 0. The number of benzene rings is 3. The Hall–Kier alpha value is -4.23. The maximum atomic E-state index is 12.2. The second-order valence-corrected chi connectivity index (χ2v) is 7.61. The van der Waals surface area contributed by atoms with Crippen LogP contribution in [0.3, 0.4) is 0 Å². The second kappa shape index (κ2) is 9.93. The molecule has 0 aliphatic heterocycles. The molecule has 6 N–H and O–H groups in total. The fourth-order valence-corrected chi connectivity index (χ4v) is 3.58. The number of hydrogen-bond donors (Lipinski definition) is 4. The molecule has 4 rings (SSSR count). The molecule has 33 heavy (non-hydrogen) atoms. The van der Waals surface area contributed by atoms with Gasteiger partial charge >= 0.3 is 0 Å². The average Bonchev–Trinajstić information content (AvgIpc) is 2.84. The third-order valence-corrected chi connectivity index (χ3v) is 5.32. The van der Waals surface area contributed by atoms with Crippen molar-refractivity contribution in [3.8, 4) is 11.1 Å². The highest BCUT2D eigenvalue weighted by Gasteiger charge is 2.14. The number of pyridine rings is 1. The highest BCUT2D eigenvalue weighted by molar-refractivity contribution is 6.08. The SMILES string of the molecule is NCCCNC(=O)c1ccc(-c2ccc3c(Nc4ccccc4)c(C(N)=O)cnc3c2)cc1. The average molecular weight is 440 g/mol. The van der Waals surface area contributed by atoms with Crippen molar-refractivity contribution in [3.05, 3.63) is 90.1 Å². The van der Waals surface area contributed by atoms with E-state index in [1.54, 1.807) is 12.1 Å². The van der Waals surface area contributed by atoms with Crippen molar-refractivity contribution < 1.29 is 9.59 Å². The lowest BCUT2D eigenvalue weighted by molar-refractivity contribution is 0.0952. The quantitative estimate of drug-likeness (QED) is 0.311. The molecule has 0 saturated carbocycles. The first kappa shape index (κ1) is 22.0. The normalized spacial score (nSPS) is 10.7. The van der Waals surface area contributed by atoms with E-state index in [2.05, 4.69) is 15.6 Å². The standard InChI is InChI=1S/C26H25N5O2/c27-13-4-14-29-26(33)18-9-7-17(8-10-18)19-11-12-21-23(15-19)30-16-22(25(28)32)24(21)31-20-5-2-1-3-6-20/h1-3,5-12,15-16H,4,13-14,27H2,(H2,28,32)(H,29,33)(H,30,31). The van der Waals surface area contributed by atoms with Crippen molar-refractivity contribution >= 4 is 34.1 Å². The molecule has 0 spiro atoms. The number of primary amides is 1. The van der Waals surface area contributed by atoms with E-state index in [0.717, 1.165) is 34.1 Å². The van der Waals surface area contributed by atoms with Crippen LogP contribution in [0.1, 0.15) is 27.1 Å². The molecule has 0 aliphatic rings. The predicted octanol–water partition coefficient (Wildman–Crippen LogP) is 3.82. The first-order valence-corrected chi connectivity index (χ1v) is 10.7. The lowest BCUT2D eigenvalue weighted by atomic mass is 10.0. The summed E-state index contributed by atoms with van der Waals surface area (Å²) in [6, 6.07) is 22.8. The molecular weight excluding hydrogens is 414 g/mol. The van der Waals surface area contributed by atoms with E-state index in [1.165, 1.54) is 6.20 Å². The molecule has 0 atom stereocenters. The molecule has 0 fully saturated rings. The molecule has 0 bridgehead atoms. The number of carbonyl (C=O) groups is 2. The van der Waals surface area contributed by atoms with Crippen LogP contribution in [0.25, 0.3) is 22.0 Å². The number of nitrogens with zero attached hydrogens (tertiary/aromatic N) is 1. The summed E-state index contributed by atoms with van der Waals surface area (Å²) in [5.41, 5.74) is 16.1. The summed E-state index contributed by atoms with van der Waals surface area (Å²) in [4.78, 5) is 28.7. The van der Waals surface area contributed by atoms with E-state index < -0.39 is 5.91 Å². The largest absolute Gasteiger partial charge is 0.365 e. The Kier molecular flexibility index (Phi) is 6.61. The summed E-state index contributed by atoms with van der Waals surface area (Å²) < 4.78 is 0. The molecule has 1 heterocycles. The Labute approximate surface area is 191 Å². The summed E-state index contributed by atoms with van der Waals surface area (Å²) in [5, 5.41) is 6.94. The first-order valence-electron chi connectivity index (χ1n) is 10.7. The van der Waals surface area contributed by atoms with Gasteiger partial charge in [0.05, 0.1) is 16.8 Å². The lowest BCUT2D eigenvalue weighted by Gasteiger charge is -2.14. The number of aromatic nitrogens is 1. The van der Waals surface area contributed by atoms with Crippen LogP contribution >= 0.6 is 0 Å². The van der Waals surface area contributed by atoms with Crippen molar-refractivity contribution in [1.29, 1.82) is 0 Å². The van der Waals surface area contributed by atoms with Gasteiger partial charge in [-0.2, -0.15) is 0 Å². The minimum Gasteiger partial charge on any atom is -0.365 e. The Morgan fingerprint density at radius 1 is 0.909 bits per heavy atom. The zero-order chi connectivity index (χ0) is 23.2. The van der Waals surface area contributed by atoms with Crippen LogP contribution in [-0.2, 0) is 0 Å². The molecule has 0 unspecified atom stereocenters. The number of rotatable bonds is 8. The number of hydrogen-bond acceptors (Lipinski definition) is 5. The van der Waals surface area contributed by atoms with Crippen molar-refractivity contribution in [2.45, 2.75) is 6.42 Å². The Morgan fingerprint density at radius 2 is 1.64 bits per heavy atom. The van der Waals surface area contributed by atoms with Crippen molar-refractivity contribution in [2.24, 2.45) is 11.5 Å². The van der Waals surface area contributed by atoms with Crippen LogP contribution in [0.4, 0.5) is 11.4 Å². The van der Waals surface area contributed by atoms with E-state index >= 15 is 0 Å². The van der Waals surface area contributed by atoms with Crippen molar-refractivity contribution in [1.82, 2.24) is 10.3 Å². The van der Waals surface area contributed by atoms with Crippen LogP contribution < -0.4 is 22.1 Å². The van der Waals surface area contributed by atoms with Crippen molar-refractivity contribution in [2.75, 3.05) is 18.4 Å². The number of amides is 2. The molecular formula is C26H25N5O2. The zero-order valence-corrected chi connectivity index (χ0v) is 18.0. The third kappa shape index (κ3) is 4.99. The highest BCUT2D eigenvalue weighted by atomic mass is 16.2. The molecule has 0 saturated heterocycles. The van der Waals surface area contributed by atoms with Gasteiger partial charge in [-0.25, -0.2) is 0 Å². The van der Waals surface area contributed by atoms with E-state index in [-0.39, 0.29) is 5.91 Å². The topological polar surface area (TPSA) is 123 Å². The first-order chi connectivity index (χ1) is 16.1. The van der Waals surface area contributed by atoms with Gasteiger partial charge in [0, 0.05) is 29.4 Å². The third-order valence-electron chi connectivity index (χ3n) is 5.32. The maximum Gasteiger partial charge on any atom is 0.252 e. The van der Waals surface area contributed by atoms with Crippen LogP contribution in [0.5, 0.6) is 0 Å². The van der Waals surface area contributed by atoms with Gasteiger partial charge in [-0.1, -0.05) is 42.5 Å². The van der Waals surface area contributed by atoms with Gasteiger partial charge in [0.1, 0.15) is 0 Å². The highest BCUT2D eigenvalue weighted by Crippen LogP contribution is 2.32. The minimum atomic E-state index is -0.549. The van der Waals surface area contributed by atoms with E-state index in [1.807, 2.05) is 60.7 Å². The maximum absolute atomic E-state index is 12.2. The summed E-state index contributed by atoms with van der Waals surface area (Å²) in [6.45, 7) is 1.10. The second-order valence-electron chi connectivity index (χ2n) is 7.61. The molecule has 0 aliphatic carbocycles. The molecule has 1 aromatic heterocycles. The van der Waals surface area contributed by atoms with E-state index in [4.69, 9.17) is 11.5 Å². The number of para-hydroxylation sites is 1. The van der Waals surface area contributed by atoms with Gasteiger partial charge in [-0.15, -0.1) is 0 Å². The van der Waals surface area contributed by atoms with Gasteiger partial charge in [0.2, 0.25) is 0 Å². The zero-order valence-electron chi connectivity index (χ0n) is 18.0. The molecule has 4 aromatic rings. The predicted molar refractivity (Wildman–Crippen MR) is 131 cm³/mol. The van der Waals surface area contributed by atoms with Crippen LogP contribution in [-0.4, -0.2) is 29.9 Å². The minimum absolute atomic E-state index is 0.120. The number of nitrogens with one attached hydrogen (secondary N) is 2. The fraction of sp³-hybridized carbons (Fsp3) is 0.115. The molecule has 166 valence electrons. The van der Waals surface area contributed by atoms with Gasteiger partial charge < -0.3 is 22.1 Å². The number of carbonyl (C=O) groups excluding carboxylic acids is 2. The van der Waals surface area contributed by atoms with Gasteiger partial charge in [0.25, 0.3) is 11.8 Å². The summed E-state index contributed by atoms with van der Waals surface area (Å²) in [5.74, 6) is -0.668. The van der Waals surface area contributed by atoms with E-state index in [9.17, 15) is 9.59 Å². The summed E-state index contributed by atoms with van der Waals surface area (Å²) in [6.07, 6.45) is 2.24. The monoisotopic (exact) mass is 439 g/mol. The van der Waals surface area contributed by atoms with E-state index in [0.29, 0.717) is 29.9 Å². The van der Waals surface area contributed by atoms with Crippen LogP contribution in [0.2, 0.25) is 0 Å². The number of anilines is 2. The molecule has 3 aromatic carbocycles. The van der Waals surface area contributed by atoms with Crippen LogP contribution in [0.15, 0.2) is 79.0 Å². The molecule has 2 amide bonds. The smallest absolute Gasteiger partial charge is 0.252 e. The summed E-state index contributed by atoms with van der Waals surface area (Å²) >= 11 is 0. The fourth-order valence-electron chi connectivity index (χ4n) is 3.58. The lowest BCUT2D eigenvalue weighted by Crippen LogP contribution is -2.25. The number of nitrogens with two attached hydrogens (primary N) is 2. The molecule has 7 nitrogen and oxygen atoms in total. The van der Waals surface area contributed by atoms with Gasteiger partial charge in [-0.3, -0.25) is 14.6 Å². The Balaban J connectivity index is 1.65. The van der Waals surface area contributed by atoms with Crippen LogP contribution in [0, 0.1) is 0 Å².